The molecule has 2 unspecified atom stereocenters. The normalized spacial score (nSPS) is 14.6. The number of thiophene rings is 1. The summed E-state index contributed by atoms with van der Waals surface area (Å²) in [6.45, 7) is 7.20. The highest BCUT2D eigenvalue weighted by atomic mass is 79.9. The lowest BCUT2D eigenvalue weighted by molar-refractivity contribution is 0.135. The van der Waals surface area contributed by atoms with Crippen molar-refractivity contribution in [3.8, 4) is 6.07 Å². The molecule has 1 aromatic rings. The third kappa shape index (κ3) is 4.57. The second kappa shape index (κ2) is 8.01. The van der Waals surface area contributed by atoms with Gasteiger partial charge in [-0.2, -0.15) is 5.26 Å². The van der Waals surface area contributed by atoms with Gasteiger partial charge in [-0.05, 0) is 48.3 Å². The van der Waals surface area contributed by atoms with Gasteiger partial charge in [0.2, 0.25) is 0 Å². The number of halogens is 1. The standard InChI is InChI=1S/C14H22BrN3S/c1-4-11(17)14(12-6-7-13(15)19-12)18(10(2)3)9-5-8-16/h6-7,10-11,14H,4-5,9,17H2,1-3H3. The molecule has 1 aromatic heterocycles. The summed E-state index contributed by atoms with van der Waals surface area (Å²) < 4.78 is 1.12. The van der Waals surface area contributed by atoms with E-state index in [4.69, 9.17) is 11.0 Å². The molecule has 0 aliphatic rings. The fraction of sp³-hybridized carbons (Fsp3) is 0.643. The molecule has 19 heavy (non-hydrogen) atoms. The Kier molecular flexibility index (Phi) is 7.01. The predicted molar refractivity (Wildman–Crippen MR) is 85.1 cm³/mol. The second-order valence-electron chi connectivity index (χ2n) is 4.90. The minimum absolute atomic E-state index is 0.0895. The van der Waals surface area contributed by atoms with Gasteiger partial charge in [0, 0.05) is 29.9 Å². The summed E-state index contributed by atoms with van der Waals surface area (Å²) in [5.41, 5.74) is 6.34. The van der Waals surface area contributed by atoms with E-state index in [2.05, 4.69) is 59.8 Å². The van der Waals surface area contributed by atoms with Crippen LogP contribution in [0, 0.1) is 11.3 Å². The van der Waals surface area contributed by atoms with Crippen LogP contribution < -0.4 is 5.73 Å². The first kappa shape index (κ1) is 16.6. The van der Waals surface area contributed by atoms with Crippen LogP contribution >= 0.6 is 27.3 Å². The maximum Gasteiger partial charge on any atom is 0.0702 e. The second-order valence-corrected chi connectivity index (χ2v) is 7.39. The SMILES string of the molecule is CCC(N)C(c1ccc(Br)s1)N(CCC#N)C(C)C. The van der Waals surface area contributed by atoms with Crippen molar-refractivity contribution in [2.45, 2.75) is 51.7 Å². The van der Waals surface area contributed by atoms with E-state index in [1.54, 1.807) is 11.3 Å². The number of nitrogens with zero attached hydrogens (tertiary/aromatic N) is 2. The third-order valence-electron chi connectivity index (χ3n) is 3.26. The van der Waals surface area contributed by atoms with Crippen molar-refractivity contribution < 1.29 is 0 Å². The fourth-order valence-electron chi connectivity index (χ4n) is 2.23. The Balaban J connectivity index is 3.03. The van der Waals surface area contributed by atoms with Crippen LogP contribution in [0.4, 0.5) is 0 Å². The fourth-order valence-corrected chi connectivity index (χ4v) is 3.85. The molecule has 0 aliphatic heterocycles. The van der Waals surface area contributed by atoms with Gasteiger partial charge in [0.1, 0.15) is 0 Å². The average Bonchev–Trinajstić information content (AvgIpc) is 2.79. The lowest BCUT2D eigenvalue weighted by atomic mass is 10.0. The zero-order valence-electron chi connectivity index (χ0n) is 11.8. The molecule has 106 valence electrons. The van der Waals surface area contributed by atoms with Crippen molar-refractivity contribution in [1.82, 2.24) is 4.90 Å². The molecule has 0 saturated heterocycles. The first-order chi connectivity index (χ1) is 9.01. The molecule has 2 atom stereocenters. The van der Waals surface area contributed by atoms with E-state index in [0.29, 0.717) is 12.5 Å². The lowest BCUT2D eigenvalue weighted by Crippen LogP contribution is -2.44. The number of nitrogens with two attached hydrogens (primary N) is 1. The Morgan fingerprint density at radius 2 is 2.16 bits per heavy atom. The zero-order valence-corrected chi connectivity index (χ0v) is 14.2. The van der Waals surface area contributed by atoms with Crippen LogP contribution in [0.25, 0.3) is 0 Å². The Morgan fingerprint density at radius 1 is 1.47 bits per heavy atom. The van der Waals surface area contributed by atoms with Gasteiger partial charge in [-0.25, -0.2) is 0 Å². The molecule has 0 spiro atoms. The van der Waals surface area contributed by atoms with Gasteiger partial charge in [-0.3, -0.25) is 4.90 Å². The number of hydrogen-bond acceptors (Lipinski definition) is 4. The minimum Gasteiger partial charge on any atom is -0.326 e. The molecule has 1 rings (SSSR count). The van der Waals surface area contributed by atoms with Crippen molar-refractivity contribution >= 4 is 27.3 Å². The van der Waals surface area contributed by atoms with E-state index in [0.717, 1.165) is 16.8 Å². The zero-order chi connectivity index (χ0) is 14.4. The van der Waals surface area contributed by atoms with E-state index >= 15 is 0 Å². The van der Waals surface area contributed by atoms with E-state index < -0.39 is 0 Å². The third-order valence-corrected chi connectivity index (χ3v) is 4.96. The summed E-state index contributed by atoms with van der Waals surface area (Å²) in [5, 5.41) is 8.84. The highest BCUT2D eigenvalue weighted by Gasteiger charge is 2.28. The van der Waals surface area contributed by atoms with Gasteiger partial charge >= 0.3 is 0 Å². The van der Waals surface area contributed by atoms with Crippen LogP contribution in [0.15, 0.2) is 15.9 Å². The van der Waals surface area contributed by atoms with Gasteiger partial charge in [0.05, 0.1) is 15.9 Å². The lowest BCUT2D eigenvalue weighted by Gasteiger charge is -2.37. The summed E-state index contributed by atoms with van der Waals surface area (Å²) in [5.74, 6) is 0. The van der Waals surface area contributed by atoms with Crippen LogP contribution in [0.2, 0.25) is 0 Å². The molecular formula is C14H22BrN3S. The van der Waals surface area contributed by atoms with E-state index in [1.807, 2.05) is 0 Å². The molecule has 0 amide bonds. The van der Waals surface area contributed by atoms with Crippen LogP contribution in [0.5, 0.6) is 0 Å². The van der Waals surface area contributed by atoms with Gasteiger partial charge in [-0.15, -0.1) is 11.3 Å². The summed E-state index contributed by atoms with van der Waals surface area (Å²) in [7, 11) is 0. The molecule has 0 fully saturated rings. The predicted octanol–water partition coefficient (Wildman–Crippen LogP) is 3.91. The Morgan fingerprint density at radius 3 is 2.58 bits per heavy atom. The van der Waals surface area contributed by atoms with Crippen LogP contribution in [-0.4, -0.2) is 23.5 Å². The smallest absolute Gasteiger partial charge is 0.0702 e. The number of rotatable bonds is 7. The highest BCUT2D eigenvalue weighted by Crippen LogP contribution is 2.34. The largest absolute Gasteiger partial charge is 0.326 e. The van der Waals surface area contributed by atoms with Gasteiger partial charge in [-0.1, -0.05) is 6.92 Å². The van der Waals surface area contributed by atoms with Gasteiger partial charge < -0.3 is 5.73 Å². The molecule has 3 nitrogen and oxygen atoms in total. The quantitative estimate of drug-likeness (QED) is 0.816. The first-order valence-electron chi connectivity index (χ1n) is 6.64. The first-order valence-corrected chi connectivity index (χ1v) is 8.25. The van der Waals surface area contributed by atoms with Gasteiger partial charge in [0.15, 0.2) is 0 Å². The van der Waals surface area contributed by atoms with Crippen molar-refractivity contribution in [3.05, 3.63) is 20.8 Å². The molecule has 0 bridgehead atoms. The minimum atomic E-state index is 0.0895. The molecule has 2 N–H and O–H groups in total. The molecular weight excluding hydrogens is 322 g/mol. The summed E-state index contributed by atoms with van der Waals surface area (Å²) in [4.78, 5) is 3.61. The monoisotopic (exact) mass is 343 g/mol. The molecule has 0 saturated carbocycles. The Bertz CT molecular complexity index is 425. The van der Waals surface area contributed by atoms with Gasteiger partial charge in [0.25, 0.3) is 0 Å². The molecule has 0 radical (unpaired) electrons. The van der Waals surface area contributed by atoms with Crippen molar-refractivity contribution in [3.63, 3.8) is 0 Å². The molecule has 0 aromatic carbocycles. The molecule has 0 aliphatic carbocycles. The maximum atomic E-state index is 8.84. The summed E-state index contributed by atoms with van der Waals surface area (Å²) in [6.07, 6.45) is 1.47. The topological polar surface area (TPSA) is 53.0 Å². The Hall–Kier alpha value is -0.410. The van der Waals surface area contributed by atoms with E-state index in [9.17, 15) is 0 Å². The molecule has 1 heterocycles. The van der Waals surface area contributed by atoms with Crippen molar-refractivity contribution in [1.29, 1.82) is 5.26 Å². The van der Waals surface area contributed by atoms with Crippen LogP contribution in [0.3, 0.4) is 0 Å². The maximum absolute atomic E-state index is 8.84. The van der Waals surface area contributed by atoms with Crippen LogP contribution in [0.1, 0.15) is 44.5 Å². The number of hydrogen-bond donors (Lipinski definition) is 1. The highest BCUT2D eigenvalue weighted by molar-refractivity contribution is 9.11. The van der Waals surface area contributed by atoms with Crippen molar-refractivity contribution in [2.75, 3.05) is 6.54 Å². The number of nitriles is 1. The molecule has 5 heteroatoms. The van der Waals surface area contributed by atoms with Crippen LogP contribution in [-0.2, 0) is 0 Å². The summed E-state index contributed by atoms with van der Waals surface area (Å²) in [6, 6.07) is 7.09. The van der Waals surface area contributed by atoms with E-state index in [-0.39, 0.29) is 12.1 Å². The summed E-state index contributed by atoms with van der Waals surface area (Å²) >= 11 is 5.25. The Labute approximate surface area is 128 Å². The average molecular weight is 344 g/mol. The van der Waals surface area contributed by atoms with E-state index in [1.165, 1.54) is 4.88 Å². The van der Waals surface area contributed by atoms with Crippen molar-refractivity contribution in [2.24, 2.45) is 5.73 Å².